The van der Waals surface area contributed by atoms with Gasteiger partial charge in [-0.3, -0.25) is 19.5 Å². The molecule has 0 saturated carbocycles. The van der Waals surface area contributed by atoms with Gasteiger partial charge in [-0.25, -0.2) is 4.79 Å². The third-order valence-electron chi connectivity index (χ3n) is 4.97. The first-order valence-corrected chi connectivity index (χ1v) is 11.0. The van der Waals surface area contributed by atoms with Gasteiger partial charge in [-0.1, -0.05) is 34.6 Å². The number of alkyl carbamates (subject to hydrolysis) is 1. The first-order valence-electron chi connectivity index (χ1n) is 11.0. The van der Waals surface area contributed by atoms with Gasteiger partial charge in [0.2, 0.25) is 11.7 Å². The van der Waals surface area contributed by atoms with Gasteiger partial charge in [0.25, 0.3) is 5.91 Å². The van der Waals surface area contributed by atoms with E-state index in [0.29, 0.717) is 18.7 Å². The molecule has 3 amide bonds. The van der Waals surface area contributed by atoms with E-state index in [1.807, 2.05) is 26.8 Å². The first-order chi connectivity index (χ1) is 15.0. The van der Waals surface area contributed by atoms with Crippen LogP contribution in [0.25, 0.3) is 0 Å². The molecule has 2 atom stereocenters. The second kappa shape index (κ2) is 11.1. The summed E-state index contributed by atoms with van der Waals surface area (Å²) in [5.74, 6) is -2.32. The molecular weight excluding hydrogens is 414 g/mol. The van der Waals surface area contributed by atoms with Gasteiger partial charge in [0, 0.05) is 18.7 Å². The van der Waals surface area contributed by atoms with E-state index in [0.717, 1.165) is 18.5 Å². The zero-order valence-corrected chi connectivity index (χ0v) is 19.5. The number of nitrogens with one attached hydrogen (secondary N) is 4. The summed E-state index contributed by atoms with van der Waals surface area (Å²) in [5, 5.41) is 14.9. The molecule has 2 unspecified atom stereocenters. The van der Waals surface area contributed by atoms with Crippen LogP contribution in [0.15, 0.2) is 6.07 Å². The number of H-pyrrole nitrogens is 1. The van der Waals surface area contributed by atoms with Crippen LogP contribution in [0.5, 0.6) is 0 Å². The van der Waals surface area contributed by atoms with Crippen molar-refractivity contribution in [2.45, 2.75) is 72.4 Å². The molecule has 178 valence electrons. The first kappa shape index (κ1) is 25.4. The number of aromatic nitrogens is 2. The van der Waals surface area contributed by atoms with Crippen LogP contribution in [0.2, 0.25) is 0 Å². The predicted molar refractivity (Wildman–Crippen MR) is 118 cm³/mol. The highest BCUT2D eigenvalue weighted by Gasteiger charge is 2.32. The summed E-state index contributed by atoms with van der Waals surface area (Å²) in [6.07, 6.45) is 1.69. The van der Waals surface area contributed by atoms with Crippen LogP contribution in [0.1, 0.15) is 58.8 Å². The molecule has 0 spiro atoms. The van der Waals surface area contributed by atoms with Crippen molar-refractivity contribution in [2.24, 2.45) is 11.3 Å². The number of aromatic amines is 1. The van der Waals surface area contributed by atoms with Crippen LogP contribution >= 0.6 is 0 Å². The fraction of sp³-hybridized carbons (Fsp3) is 0.682. The molecule has 2 bridgehead atoms. The second-order valence-corrected chi connectivity index (χ2v) is 9.73. The maximum absolute atomic E-state index is 13.0. The summed E-state index contributed by atoms with van der Waals surface area (Å²) >= 11 is 0. The second-order valence-electron chi connectivity index (χ2n) is 9.73. The molecule has 0 radical (unpaired) electrons. The van der Waals surface area contributed by atoms with Crippen LogP contribution in [0.3, 0.4) is 0 Å². The van der Waals surface area contributed by atoms with E-state index >= 15 is 0 Å². The SMILES string of the molecule is CC(C)C(NC(=O)OCC(C)(C)C)C(=O)NC1Cc2cc(n[nH]2)CCCCNC(=O)C1=O. The Bertz CT molecular complexity index is 827. The van der Waals surface area contributed by atoms with Gasteiger partial charge in [-0.15, -0.1) is 0 Å². The zero-order chi connectivity index (χ0) is 23.9. The number of ether oxygens (including phenoxy) is 1. The summed E-state index contributed by atoms with van der Waals surface area (Å²) < 4.78 is 5.20. The van der Waals surface area contributed by atoms with Gasteiger partial charge < -0.3 is 20.7 Å². The van der Waals surface area contributed by atoms with E-state index in [1.165, 1.54) is 0 Å². The van der Waals surface area contributed by atoms with Crippen molar-refractivity contribution in [3.63, 3.8) is 0 Å². The lowest BCUT2D eigenvalue weighted by Crippen LogP contribution is -2.56. The minimum absolute atomic E-state index is 0.0876. The van der Waals surface area contributed by atoms with Crippen LogP contribution < -0.4 is 16.0 Å². The van der Waals surface area contributed by atoms with Crippen molar-refractivity contribution in [1.29, 1.82) is 0 Å². The molecule has 0 saturated heterocycles. The third kappa shape index (κ3) is 7.97. The lowest BCUT2D eigenvalue weighted by molar-refractivity contribution is -0.140. The quantitative estimate of drug-likeness (QED) is 0.499. The molecule has 0 aliphatic carbocycles. The summed E-state index contributed by atoms with van der Waals surface area (Å²) in [4.78, 5) is 50.3. The minimum atomic E-state index is -1.09. The van der Waals surface area contributed by atoms with Gasteiger partial charge in [0.15, 0.2) is 0 Å². The van der Waals surface area contributed by atoms with Crippen LogP contribution in [0.4, 0.5) is 4.79 Å². The Morgan fingerprint density at radius 3 is 2.62 bits per heavy atom. The van der Waals surface area contributed by atoms with Crippen molar-refractivity contribution in [3.8, 4) is 0 Å². The van der Waals surface area contributed by atoms with Crippen molar-refractivity contribution in [3.05, 3.63) is 17.5 Å². The minimum Gasteiger partial charge on any atom is -0.449 e. The average Bonchev–Trinajstić information content (AvgIpc) is 3.14. The van der Waals surface area contributed by atoms with Gasteiger partial charge >= 0.3 is 6.09 Å². The molecule has 2 heterocycles. The molecule has 4 N–H and O–H groups in total. The number of nitrogens with zero attached hydrogens (tertiary/aromatic N) is 1. The number of Topliss-reactive ketones (excluding diaryl/α,β-unsaturated/α-hetero) is 1. The average molecular weight is 450 g/mol. The number of hydrogen-bond acceptors (Lipinski definition) is 6. The lowest BCUT2D eigenvalue weighted by atomic mass is 9.99. The van der Waals surface area contributed by atoms with Crippen LogP contribution in [-0.2, 0) is 32.0 Å². The molecule has 0 aromatic carbocycles. The standard InChI is InChI=1S/C22H35N5O5/c1-13(2)17(25-21(31)32-12-22(3,4)5)19(29)24-16-11-15-10-14(26-27-15)8-6-7-9-23-20(30)18(16)28/h10,13,16-17H,6-9,11-12H2,1-5H3,(H,23,30)(H,24,29)(H,25,31)(H,26,27). The molecule has 1 aromatic heterocycles. The fourth-order valence-corrected chi connectivity index (χ4v) is 3.20. The van der Waals surface area contributed by atoms with Gasteiger partial charge in [-0.2, -0.15) is 5.10 Å². The molecule has 10 nitrogen and oxygen atoms in total. The number of fused-ring (bicyclic) bond motifs is 2. The molecular formula is C22H35N5O5. The molecule has 1 aromatic rings. The molecule has 10 heteroatoms. The molecule has 2 rings (SSSR count). The number of rotatable bonds is 5. The lowest BCUT2D eigenvalue weighted by Gasteiger charge is -2.25. The van der Waals surface area contributed by atoms with Crippen molar-refractivity contribution in [1.82, 2.24) is 26.1 Å². The summed E-state index contributed by atoms with van der Waals surface area (Å²) in [6.45, 7) is 9.87. The number of amides is 3. The summed E-state index contributed by atoms with van der Waals surface area (Å²) in [7, 11) is 0. The van der Waals surface area contributed by atoms with Crippen molar-refractivity contribution < 1.29 is 23.9 Å². The Morgan fingerprint density at radius 1 is 1.25 bits per heavy atom. The highest BCUT2D eigenvalue weighted by molar-refractivity contribution is 6.38. The van der Waals surface area contributed by atoms with Crippen molar-refractivity contribution in [2.75, 3.05) is 13.2 Å². The highest BCUT2D eigenvalue weighted by Crippen LogP contribution is 2.13. The maximum Gasteiger partial charge on any atom is 0.407 e. The normalized spacial score (nSPS) is 18.8. The Labute approximate surface area is 188 Å². The number of carbonyl (C=O) groups excluding carboxylic acids is 4. The van der Waals surface area contributed by atoms with E-state index in [1.54, 1.807) is 13.8 Å². The Balaban J connectivity index is 2.13. The van der Waals surface area contributed by atoms with Crippen LogP contribution in [0, 0.1) is 11.3 Å². The fourth-order valence-electron chi connectivity index (χ4n) is 3.20. The summed E-state index contributed by atoms with van der Waals surface area (Å²) in [6, 6.07) is -0.186. The molecule has 32 heavy (non-hydrogen) atoms. The highest BCUT2D eigenvalue weighted by atomic mass is 16.5. The van der Waals surface area contributed by atoms with Gasteiger partial charge in [0.1, 0.15) is 12.1 Å². The zero-order valence-electron chi connectivity index (χ0n) is 19.5. The largest absolute Gasteiger partial charge is 0.449 e. The summed E-state index contributed by atoms with van der Waals surface area (Å²) in [5.41, 5.74) is 1.29. The Hall–Kier alpha value is -2.91. The van der Waals surface area contributed by atoms with E-state index in [-0.39, 0.29) is 24.4 Å². The molecule has 1 aliphatic heterocycles. The van der Waals surface area contributed by atoms with E-state index in [4.69, 9.17) is 4.74 Å². The van der Waals surface area contributed by atoms with E-state index < -0.39 is 35.8 Å². The monoisotopic (exact) mass is 449 g/mol. The third-order valence-corrected chi connectivity index (χ3v) is 4.97. The number of aryl methyl sites for hydroxylation is 1. The van der Waals surface area contributed by atoms with E-state index in [2.05, 4.69) is 26.1 Å². The van der Waals surface area contributed by atoms with Crippen LogP contribution in [-0.4, -0.2) is 59.1 Å². The number of ketones is 1. The Kier molecular flexibility index (Phi) is 8.80. The molecule has 0 fully saturated rings. The van der Waals surface area contributed by atoms with Crippen molar-refractivity contribution >= 4 is 23.7 Å². The Morgan fingerprint density at radius 2 is 1.97 bits per heavy atom. The van der Waals surface area contributed by atoms with Gasteiger partial charge in [-0.05, 0) is 36.7 Å². The van der Waals surface area contributed by atoms with E-state index in [9.17, 15) is 19.2 Å². The molecule has 1 aliphatic rings. The number of hydrogen-bond donors (Lipinski definition) is 4. The predicted octanol–water partition coefficient (Wildman–Crippen LogP) is 1.26. The number of carbonyl (C=O) groups is 4. The smallest absolute Gasteiger partial charge is 0.407 e. The topological polar surface area (TPSA) is 142 Å². The van der Waals surface area contributed by atoms with Gasteiger partial charge in [0.05, 0.1) is 12.3 Å². The maximum atomic E-state index is 13.0.